The lowest BCUT2D eigenvalue weighted by Gasteiger charge is -2.30. The molecule has 112 valence electrons. The molecule has 7 heteroatoms. The Morgan fingerprint density at radius 2 is 2.20 bits per heavy atom. The molecule has 0 bridgehead atoms. The van der Waals surface area contributed by atoms with E-state index in [0.717, 1.165) is 24.4 Å². The number of nitrogens with one attached hydrogen (secondary N) is 2. The van der Waals surface area contributed by atoms with Crippen molar-refractivity contribution in [3.05, 3.63) is 23.2 Å². The van der Waals surface area contributed by atoms with Crippen LogP contribution >= 0.6 is 23.4 Å². The first-order valence-corrected chi connectivity index (χ1v) is 9.59. The monoisotopic (exact) mass is 334 g/mol. The highest BCUT2D eigenvalue weighted by atomic mass is 35.5. The highest BCUT2D eigenvalue weighted by molar-refractivity contribution is 7.98. The van der Waals surface area contributed by atoms with Gasteiger partial charge in [0.05, 0.1) is 9.92 Å². The molecule has 0 aliphatic carbocycles. The van der Waals surface area contributed by atoms with E-state index >= 15 is 0 Å². The van der Waals surface area contributed by atoms with Crippen molar-refractivity contribution >= 4 is 33.4 Å². The molecule has 0 saturated carbocycles. The lowest BCUT2D eigenvalue weighted by molar-refractivity contribution is 0.328. The zero-order valence-electron chi connectivity index (χ0n) is 11.5. The maximum absolute atomic E-state index is 12.4. The van der Waals surface area contributed by atoms with E-state index < -0.39 is 10.0 Å². The van der Waals surface area contributed by atoms with Crippen molar-refractivity contribution in [3.63, 3.8) is 0 Å². The molecule has 1 aromatic rings. The number of thioether (sulfide) groups is 1. The minimum absolute atomic E-state index is 0.0275. The van der Waals surface area contributed by atoms with Gasteiger partial charge in [-0.25, -0.2) is 13.1 Å². The van der Waals surface area contributed by atoms with Crippen LogP contribution in [-0.2, 0) is 10.0 Å². The fraction of sp³-hybridized carbons (Fsp3) is 0.538. The normalized spacial score (nSPS) is 23.8. The van der Waals surface area contributed by atoms with Gasteiger partial charge < -0.3 is 5.32 Å². The van der Waals surface area contributed by atoms with E-state index in [4.69, 9.17) is 11.6 Å². The van der Waals surface area contributed by atoms with Gasteiger partial charge in [-0.2, -0.15) is 0 Å². The van der Waals surface area contributed by atoms with Crippen molar-refractivity contribution in [2.75, 3.05) is 19.3 Å². The molecule has 2 unspecified atom stereocenters. The Kier molecular flexibility index (Phi) is 5.36. The van der Waals surface area contributed by atoms with Crippen molar-refractivity contribution in [2.24, 2.45) is 5.92 Å². The zero-order valence-corrected chi connectivity index (χ0v) is 13.9. The summed E-state index contributed by atoms with van der Waals surface area (Å²) in [7, 11) is -3.51. The summed E-state index contributed by atoms with van der Waals surface area (Å²) >= 11 is 7.58. The third kappa shape index (κ3) is 3.68. The lowest BCUT2D eigenvalue weighted by Crippen LogP contribution is -2.48. The van der Waals surface area contributed by atoms with Crippen LogP contribution in [0.4, 0.5) is 0 Å². The summed E-state index contributed by atoms with van der Waals surface area (Å²) in [5.74, 6) is 0.277. The smallest absolute Gasteiger partial charge is 0.240 e. The van der Waals surface area contributed by atoms with Crippen LogP contribution in [0.25, 0.3) is 0 Å². The minimum atomic E-state index is -3.51. The molecule has 2 N–H and O–H groups in total. The van der Waals surface area contributed by atoms with Crippen LogP contribution < -0.4 is 10.0 Å². The maximum Gasteiger partial charge on any atom is 0.240 e. The predicted molar refractivity (Wildman–Crippen MR) is 84.0 cm³/mol. The molecule has 0 aromatic heterocycles. The molecule has 2 atom stereocenters. The fourth-order valence-electron chi connectivity index (χ4n) is 2.27. The Balaban J connectivity index is 2.19. The minimum Gasteiger partial charge on any atom is -0.316 e. The standard InChI is InChI=1S/C13H19ClN2O2S2/c1-9-8-15-6-5-12(9)16-20(17,18)10-3-4-13(19-2)11(14)7-10/h3-4,7,9,12,15-16H,5-6,8H2,1-2H3. The van der Waals surface area contributed by atoms with Gasteiger partial charge in [-0.15, -0.1) is 11.8 Å². The predicted octanol–water partition coefficient (Wildman–Crippen LogP) is 2.34. The number of piperidine rings is 1. The van der Waals surface area contributed by atoms with Gasteiger partial charge in [0.2, 0.25) is 10.0 Å². The van der Waals surface area contributed by atoms with Gasteiger partial charge in [0.15, 0.2) is 0 Å². The third-order valence-electron chi connectivity index (χ3n) is 3.53. The van der Waals surface area contributed by atoms with Crippen molar-refractivity contribution in [3.8, 4) is 0 Å². The number of rotatable bonds is 4. The van der Waals surface area contributed by atoms with Crippen molar-refractivity contribution < 1.29 is 8.42 Å². The van der Waals surface area contributed by atoms with E-state index in [0.29, 0.717) is 5.02 Å². The SMILES string of the molecule is CSc1ccc(S(=O)(=O)NC2CCNCC2C)cc1Cl. The van der Waals surface area contributed by atoms with Crippen molar-refractivity contribution in [2.45, 2.75) is 29.2 Å². The van der Waals surface area contributed by atoms with Crippen LogP contribution in [0.1, 0.15) is 13.3 Å². The molecule has 1 aromatic carbocycles. The van der Waals surface area contributed by atoms with Crippen LogP contribution in [0.3, 0.4) is 0 Å². The summed E-state index contributed by atoms with van der Waals surface area (Å²) in [6, 6.07) is 4.83. The van der Waals surface area contributed by atoms with E-state index in [1.165, 1.54) is 17.8 Å². The molecule has 0 radical (unpaired) electrons. The van der Waals surface area contributed by atoms with E-state index in [9.17, 15) is 8.42 Å². The second-order valence-electron chi connectivity index (χ2n) is 4.99. The Hall–Kier alpha value is -0.270. The van der Waals surface area contributed by atoms with Gasteiger partial charge in [0.1, 0.15) is 0 Å². The molecule has 1 heterocycles. The van der Waals surface area contributed by atoms with Crippen LogP contribution in [-0.4, -0.2) is 33.8 Å². The summed E-state index contributed by atoms with van der Waals surface area (Å²) in [5.41, 5.74) is 0. The molecule has 1 aliphatic heterocycles. The number of halogens is 1. The number of sulfonamides is 1. The van der Waals surface area contributed by atoms with Gasteiger partial charge in [0, 0.05) is 10.9 Å². The zero-order chi connectivity index (χ0) is 14.8. The van der Waals surface area contributed by atoms with Gasteiger partial charge in [0.25, 0.3) is 0 Å². The van der Waals surface area contributed by atoms with E-state index in [1.807, 2.05) is 13.2 Å². The van der Waals surface area contributed by atoms with Crippen LogP contribution in [0, 0.1) is 5.92 Å². The second-order valence-corrected chi connectivity index (χ2v) is 7.96. The average Bonchev–Trinajstić information content (AvgIpc) is 2.41. The number of hydrogen-bond acceptors (Lipinski definition) is 4. The highest BCUT2D eigenvalue weighted by Gasteiger charge is 2.26. The van der Waals surface area contributed by atoms with Crippen LogP contribution in [0.15, 0.2) is 28.0 Å². The van der Waals surface area contributed by atoms with E-state index in [-0.39, 0.29) is 16.9 Å². The molecule has 4 nitrogen and oxygen atoms in total. The molecule has 1 saturated heterocycles. The van der Waals surface area contributed by atoms with E-state index in [2.05, 4.69) is 10.0 Å². The fourth-order valence-corrected chi connectivity index (χ4v) is 4.61. The molecular formula is C13H19ClN2O2S2. The Labute approximate surface area is 129 Å². The summed E-state index contributed by atoms with van der Waals surface area (Å²) < 4.78 is 27.6. The second kappa shape index (κ2) is 6.66. The first kappa shape index (κ1) is 16.1. The third-order valence-corrected chi connectivity index (χ3v) is 6.23. The quantitative estimate of drug-likeness (QED) is 0.830. The Morgan fingerprint density at radius 1 is 1.45 bits per heavy atom. The Morgan fingerprint density at radius 3 is 2.80 bits per heavy atom. The van der Waals surface area contributed by atoms with Gasteiger partial charge in [-0.05, 0) is 49.9 Å². The van der Waals surface area contributed by atoms with Gasteiger partial charge >= 0.3 is 0 Å². The summed E-state index contributed by atoms with van der Waals surface area (Å²) in [5, 5.41) is 3.73. The molecule has 1 fully saturated rings. The van der Waals surface area contributed by atoms with Crippen LogP contribution in [0.2, 0.25) is 5.02 Å². The molecule has 1 aliphatic rings. The van der Waals surface area contributed by atoms with Crippen molar-refractivity contribution in [1.29, 1.82) is 0 Å². The summed E-state index contributed by atoms with van der Waals surface area (Å²) in [6.07, 6.45) is 2.71. The van der Waals surface area contributed by atoms with Gasteiger partial charge in [-0.3, -0.25) is 0 Å². The summed E-state index contributed by atoms with van der Waals surface area (Å²) in [4.78, 5) is 1.10. The lowest BCUT2D eigenvalue weighted by atomic mass is 9.97. The molecule has 0 amide bonds. The maximum atomic E-state index is 12.4. The molecule has 0 spiro atoms. The largest absolute Gasteiger partial charge is 0.316 e. The molecule has 20 heavy (non-hydrogen) atoms. The van der Waals surface area contributed by atoms with Crippen molar-refractivity contribution in [1.82, 2.24) is 10.0 Å². The van der Waals surface area contributed by atoms with Gasteiger partial charge in [-0.1, -0.05) is 18.5 Å². The molecular weight excluding hydrogens is 316 g/mol. The Bertz CT molecular complexity index is 578. The first-order chi connectivity index (χ1) is 9.44. The van der Waals surface area contributed by atoms with E-state index in [1.54, 1.807) is 12.1 Å². The van der Waals surface area contributed by atoms with Crippen LogP contribution in [0.5, 0.6) is 0 Å². The number of hydrogen-bond donors (Lipinski definition) is 2. The highest BCUT2D eigenvalue weighted by Crippen LogP contribution is 2.28. The average molecular weight is 335 g/mol. The molecule has 2 rings (SSSR count). The number of benzene rings is 1. The summed E-state index contributed by atoms with van der Waals surface area (Å²) in [6.45, 7) is 3.71. The topological polar surface area (TPSA) is 58.2 Å². The first-order valence-electron chi connectivity index (χ1n) is 6.50.